The fourth-order valence-electron chi connectivity index (χ4n) is 7.51. The molecule has 0 bridgehead atoms. The maximum absolute atomic E-state index is 8.96. The van der Waals surface area contributed by atoms with Crippen LogP contribution in [-0.2, 0) is 0 Å². The number of nitrogens with zero attached hydrogens (tertiary/aromatic N) is 4. The summed E-state index contributed by atoms with van der Waals surface area (Å²) >= 11 is 1.34. The van der Waals surface area contributed by atoms with Crippen molar-refractivity contribution in [2.24, 2.45) is 0 Å². The van der Waals surface area contributed by atoms with Crippen molar-refractivity contribution in [1.29, 1.82) is 0 Å². The highest BCUT2D eigenvalue weighted by Gasteiger charge is 2.21. The Morgan fingerprint density at radius 1 is 0.429 bits per heavy atom. The van der Waals surface area contributed by atoms with Gasteiger partial charge in [0.2, 0.25) is 0 Å². The summed E-state index contributed by atoms with van der Waals surface area (Å²) in [6, 6.07) is 38.5. The number of thiophene rings is 1. The fraction of sp³-hybridized carbons (Fsp3) is 0. The Kier molecular flexibility index (Phi) is 5.58. The van der Waals surface area contributed by atoms with Gasteiger partial charge in [0.05, 0.1) is 24.7 Å². The average molecular weight is 743 g/mol. The van der Waals surface area contributed by atoms with E-state index < -0.39 is 60.4 Å². The fourth-order valence-corrected chi connectivity index (χ4v) is 8.76. The van der Waals surface area contributed by atoms with Gasteiger partial charge in [-0.2, -0.15) is 0 Å². The molecule has 56 heavy (non-hydrogen) atoms. The highest BCUT2D eigenvalue weighted by Crippen LogP contribution is 2.44. The predicted octanol–water partition coefficient (Wildman–Crippen LogP) is 13.7. The van der Waals surface area contributed by atoms with Crippen molar-refractivity contribution in [2.45, 2.75) is 0 Å². The molecular weight excluding hydrogens is 701 g/mol. The molecule has 0 aliphatic carbocycles. The zero-order valence-electron chi connectivity index (χ0n) is 39.4. The third kappa shape index (κ3) is 5.40. The molecule has 0 N–H and O–H groups in total. The number of rotatable bonds is 6. The molecule has 11 rings (SSSR count). The molecular formula is C51H32N4S. The molecule has 262 valence electrons. The minimum atomic E-state index is -0.544. The zero-order chi connectivity index (χ0) is 45.7. The second-order valence-corrected chi connectivity index (χ2v) is 14.3. The van der Waals surface area contributed by atoms with Crippen molar-refractivity contribution < 1.29 is 13.7 Å². The standard InChI is InChI=1S/C51H32N4S/c1-5-16-33(17-6-1)37-30-43(34-18-7-2-8-19-34)48-44(31-37)40-29-28-36(32-46(40)56-48)50-52-49(35-20-9-3-10-21-35)53-51(54-50)42-26-15-25-41-39-24-13-14-27-45(39)55(47(41)42)38-22-11-4-12-23-38/h1-32H/i1D,2D,5D,6D,7D,8D,16D,17D,18D,19D. The molecule has 0 atom stereocenters. The summed E-state index contributed by atoms with van der Waals surface area (Å²) in [5, 5.41) is 3.47. The van der Waals surface area contributed by atoms with Crippen LogP contribution in [0.3, 0.4) is 0 Å². The third-order valence-electron chi connectivity index (χ3n) is 10.0. The van der Waals surface area contributed by atoms with E-state index in [1.807, 2.05) is 91.0 Å². The Morgan fingerprint density at radius 3 is 1.88 bits per heavy atom. The first-order valence-corrected chi connectivity index (χ1v) is 18.8. The Bertz CT molecular complexity index is 3780. The van der Waals surface area contributed by atoms with E-state index in [4.69, 9.17) is 28.7 Å². The molecule has 0 spiro atoms. The van der Waals surface area contributed by atoms with Crippen LogP contribution >= 0.6 is 11.3 Å². The molecule has 0 radical (unpaired) electrons. The van der Waals surface area contributed by atoms with Gasteiger partial charge in [0, 0.05) is 58.9 Å². The maximum Gasteiger partial charge on any atom is 0.166 e. The third-order valence-corrected chi connectivity index (χ3v) is 11.2. The number of hydrogen-bond donors (Lipinski definition) is 0. The summed E-state index contributed by atoms with van der Waals surface area (Å²) in [5.41, 5.74) is 5.61. The van der Waals surface area contributed by atoms with Crippen molar-refractivity contribution in [3.8, 4) is 62.1 Å². The van der Waals surface area contributed by atoms with E-state index in [1.165, 1.54) is 11.3 Å². The minimum absolute atomic E-state index is 0.0660. The predicted molar refractivity (Wildman–Crippen MR) is 234 cm³/mol. The summed E-state index contributed by atoms with van der Waals surface area (Å²) in [7, 11) is 0. The van der Waals surface area contributed by atoms with Crippen LogP contribution in [0.5, 0.6) is 0 Å². The molecule has 0 unspecified atom stereocenters. The average Bonchev–Trinajstić information content (AvgIpc) is 3.90. The highest BCUT2D eigenvalue weighted by molar-refractivity contribution is 7.26. The van der Waals surface area contributed by atoms with Crippen molar-refractivity contribution in [2.75, 3.05) is 0 Å². The van der Waals surface area contributed by atoms with Gasteiger partial charge in [-0.3, -0.25) is 0 Å². The maximum atomic E-state index is 8.96. The second-order valence-electron chi connectivity index (χ2n) is 13.3. The van der Waals surface area contributed by atoms with Crippen LogP contribution in [0.15, 0.2) is 194 Å². The lowest BCUT2D eigenvalue weighted by molar-refractivity contribution is 1.07. The molecule has 0 aliphatic heterocycles. The summed E-state index contributed by atoms with van der Waals surface area (Å²) in [5.74, 6) is 1.34. The zero-order valence-corrected chi connectivity index (χ0v) is 30.2. The lowest BCUT2D eigenvalue weighted by Gasteiger charge is -2.12. The Balaban J connectivity index is 1.17. The van der Waals surface area contributed by atoms with Gasteiger partial charge < -0.3 is 4.57 Å². The van der Waals surface area contributed by atoms with E-state index in [0.29, 0.717) is 33.1 Å². The largest absolute Gasteiger partial charge is 0.309 e. The Morgan fingerprint density at radius 2 is 1.09 bits per heavy atom. The van der Waals surface area contributed by atoms with E-state index in [-0.39, 0.29) is 22.3 Å². The highest BCUT2D eigenvalue weighted by atomic mass is 32.1. The van der Waals surface area contributed by atoms with E-state index in [2.05, 4.69) is 34.9 Å². The van der Waals surface area contributed by atoms with Crippen LogP contribution in [0.2, 0.25) is 0 Å². The van der Waals surface area contributed by atoms with Crippen LogP contribution < -0.4 is 0 Å². The Hall–Kier alpha value is -7.21. The van der Waals surface area contributed by atoms with E-state index >= 15 is 0 Å². The monoisotopic (exact) mass is 742 g/mol. The topological polar surface area (TPSA) is 43.6 Å². The van der Waals surface area contributed by atoms with E-state index in [1.54, 1.807) is 12.1 Å². The number of benzene rings is 8. The van der Waals surface area contributed by atoms with Crippen molar-refractivity contribution >= 4 is 53.3 Å². The molecule has 0 aliphatic rings. The van der Waals surface area contributed by atoms with Gasteiger partial charge >= 0.3 is 0 Å². The molecule has 3 heterocycles. The van der Waals surface area contributed by atoms with E-state index in [9.17, 15) is 0 Å². The normalized spacial score (nSPS) is 14.1. The minimum Gasteiger partial charge on any atom is -0.309 e. The number of para-hydroxylation sites is 3. The van der Waals surface area contributed by atoms with Gasteiger partial charge in [0.25, 0.3) is 0 Å². The van der Waals surface area contributed by atoms with Gasteiger partial charge in [0.15, 0.2) is 17.5 Å². The molecule has 8 aromatic carbocycles. The molecule has 0 amide bonds. The van der Waals surface area contributed by atoms with Crippen LogP contribution in [0.4, 0.5) is 0 Å². The van der Waals surface area contributed by atoms with Gasteiger partial charge in [-0.1, -0.05) is 151 Å². The van der Waals surface area contributed by atoms with Crippen molar-refractivity contribution in [1.82, 2.24) is 19.5 Å². The summed E-state index contributed by atoms with van der Waals surface area (Å²) < 4.78 is 89.5. The first kappa shape index (κ1) is 23.5. The molecule has 0 saturated heterocycles. The van der Waals surface area contributed by atoms with Crippen LogP contribution in [0.1, 0.15) is 13.7 Å². The van der Waals surface area contributed by atoms with E-state index in [0.717, 1.165) is 48.7 Å². The SMILES string of the molecule is [2H]c1c([2H])c([2H])c(-c2cc(-c3c([2H])c([2H])c([2H])c([2H])c3[2H])c3sc4cc(-c5nc(-c6ccccc6)nc(-c6cccc7c8ccccc8n(-c8ccccc8)c67)n5)ccc4c3c2)c([2H])c1[2H]. The molecule has 4 nitrogen and oxygen atoms in total. The molecule has 0 fully saturated rings. The first-order valence-electron chi connectivity index (χ1n) is 23.0. The molecule has 0 saturated carbocycles. The lowest BCUT2D eigenvalue weighted by Crippen LogP contribution is -2.02. The summed E-state index contributed by atoms with van der Waals surface area (Å²) in [4.78, 5) is 15.4. The second kappa shape index (κ2) is 13.3. The van der Waals surface area contributed by atoms with Crippen LogP contribution in [-0.4, -0.2) is 19.5 Å². The lowest BCUT2D eigenvalue weighted by atomic mass is 9.96. The van der Waals surface area contributed by atoms with Gasteiger partial charge in [-0.15, -0.1) is 11.3 Å². The van der Waals surface area contributed by atoms with Gasteiger partial charge in [0.1, 0.15) is 0 Å². The molecule has 3 aromatic heterocycles. The number of aromatic nitrogens is 4. The number of fused-ring (bicyclic) bond motifs is 6. The molecule has 5 heteroatoms. The quantitative estimate of drug-likeness (QED) is 0.170. The first-order chi connectivity index (χ1) is 31.9. The van der Waals surface area contributed by atoms with Crippen LogP contribution in [0.25, 0.3) is 104 Å². The smallest absolute Gasteiger partial charge is 0.166 e. The van der Waals surface area contributed by atoms with Gasteiger partial charge in [-0.05, 0) is 59.2 Å². The van der Waals surface area contributed by atoms with Crippen LogP contribution in [0, 0.1) is 0 Å². The molecule has 11 aromatic rings. The van der Waals surface area contributed by atoms with Crippen molar-refractivity contribution in [3.63, 3.8) is 0 Å². The van der Waals surface area contributed by atoms with Crippen molar-refractivity contribution in [3.05, 3.63) is 194 Å². The summed E-state index contributed by atoms with van der Waals surface area (Å²) in [6.07, 6.45) is 0. The Labute approximate surface area is 341 Å². The summed E-state index contributed by atoms with van der Waals surface area (Å²) in [6.45, 7) is 0. The van der Waals surface area contributed by atoms with Gasteiger partial charge in [-0.25, -0.2) is 15.0 Å². The number of hydrogen-bond acceptors (Lipinski definition) is 4.